The summed E-state index contributed by atoms with van der Waals surface area (Å²) in [5.41, 5.74) is 0.678. The first-order valence-electron chi connectivity index (χ1n) is 12.5. The van der Waals surface area contributed by atoms with Gasteiger partial charge in [0.05, 0.1) is 11.9 Å². The molecule has 7 nitrogen and oxygen atoms in total. The number of nitrogens with one attached hydrogen (secondary N) is 1. The van der Waals surface area contributed by atoms with Gasteiger partial charge in [-0.25, -0.2) is 12.8 Å². The van der Waals surface area contributed by atoms with E-state index >= 15 is 0 Å². The van der Waals surface area contributed by atoms with Crippen LogP contribution in [0.1, 0.15) is 31.9 Å². The first-order valence-corrected chi connectivity index (χ1v) is 15.1. The number of hydrogen-bond donors (Lipinski definition) is 1. The molecule has 0 saturated heterocycles. The standard InChI is InChI=1S/C29H32Cl2FN3O4S/c1-29(2,3)33-28(37)26(15-20-9-6-5-7-10-20)34(18-21-13-14-22(30)16-25(21)31)27(36)19-35(40(4,38)39)24-12-8-11-23(32)17-24/h5-14,16-17,26H,15,18-19H2,1-4H3,(H,33,37)/t26-/m0/s1. The van der Waals surface area contributed by atoms with Crippen LogP contribution in [0.15, 0.2) is 72.8 Å². The number of amides is 2. The molecule has 3 aromatic rings. The van der Waals surface area contributed by atoms with E-state index in [4.69, 9.17) is 23.2 Å². The smallest absolute Gasteiger partial charge is 0.244 e. The molecule has 3 aromatic carbocycles. The van der Waals surface area contributed by atoms with Crippen molar-refractivity contribution in [1.29, 1.82) is 0 Å². The van der Waals surface area contributed by atoms with Gasteiger partial charge in [-0.3, -0.25) is 13.9 Å². The minimum atomic E-state index is -4.01. The molecule has 11 heteroatoms. The predicted molar refractivity (Wildman–Crippen MR) is 157 cm³/mol. The maximum atomic E-state index is 14.0. The summed E-state index contributed by atoms with van der Waals surface area (Å²) < 4.78 is 40.3. The van der Waals surface area contributed by atoms with E-state index in [0.717, 1.165) is 22.2 Å². The van der Waals surface area contributed by atoms with E-state index in [1.807, 2.05) is 51.1 Å². The Morgan fingerprint density at radius 1 is 0.975 bits per heavy atom. The molecule has 40 heavy (non-hydrogen) atoms. The topological polar surface area (TPSA) is 86.8 Å². The van der Waals surface area contributed by atoms with Gasteiger partial charge in [-0.05, 0) is 62.2 Å². The van der Waals surface area contributed by atoms with Crippen molar-refractivity contribution in [1.82, 2.24) is 10.2 Å². The lowest BCUT2D eigenvalue weighted by Gasteiger charge is -2.35. The van der Waals surface area contributed by atoms with E-state index in [9.17, 15) is 22.4 Å². The highest BCUT2D eigenvalue weighted by Gasteiger charge is 2.34. The Morgan fingerprint density at radius 2 is 1.65 bits per heavy atom. The Labute approximate surface area is 244 Å². The highest BCUT2D eigenvalue weighted by molar-refractivity contribution is 7.92. The minimum Gasteiger partial charge on any atom is -0.350 e. The van der Waals surface area contributed by atoms with Crippen molar-refractivity contribution < 1.29 is 22.4 Å². The van der Waals surface area contributed by atoms with E-state index in [0.29, 0.717) is 10.6 Å². The SMILES string of the molecule is CC(C)(C)NC(=O)[C@H](Cc1ccccc1)N(Cc1ccc(Cl)cc1Cl)C(=O)CN(c1cccc(F)c1)S(C)(=O)=O. The van der Waals surface area contributed by atoms with Crippen molar-refractivity contribution in [2.45, 2.75) is 45.3 Å². The van der Waals surface area contributed by atoms with Gasteiger partial charge in [-0.2, -0.15) is 0 Å². The summed E-state index contributed by atoms with van der Waals surface area (Å²) in [5.74, 6) is -1.76. The molecular weight excluding hydrogens is 576 g/mol. The minimum absolute atomic E-state index is 0.0147. The lowest BCUT2D eigenvalue weighted by molar-refractivity contribution is -0.140. The fourth-order valence-corrected chi connectivity index (χ4v) is 5.39. The Bertz CT molecular complexity index is 1460. The number of carbonyl (C=O) groups is 2. The van der Waals surface area contributed by atoms with E-state index in [1.165, 1.54) is 29.2 Å². The van der Waals surface area contributed by atoms with Gasteiger partial charge in [-0.15, -0.1) is 0 Å². The summed E-state index contributed by atoms with van der Waals surface area (Å²) in [7, 11) is -4.01. The molecule has 0 fully saturated rings. The summed E-state index contributed by atoms with van der Waals surface area (Å²) in [6.45, 7) is 4.69. The number of sulfonamides is 1. The number of anilines is 1. The van der Waals surface area contributed by atoms with Crippen molar-refractivity contribution in [3.8, 4) is 0 Å². The third kappa shape index (κ3) is 8.94. The average molecular weight is 609 g/mol. The van der Waals surface area contributed by atoms with Crippen molar-refractivity contribution in [2.24, 2.45) is 0 Å². The summed E-state index contributed by atoms with van der Waals surface area (Å²) in [6, 6.07) is 17.9. The summed E-state index contributed by atoms with van der Waals surface area (Å²) in [5, 5.41) is 3.62. The van der Waals surface area contributed by atoms with Gasteiger partial charge in [0.2, 0.25) is 21.8 Å². The molecule has 0 spiro atoms. The average Bonchev–Trinajstić information content (AvgIpc) is 2.84. The van der Waals surface area contributed by atoms with Crippen LogP contribution in [0.4, 0.5) is 10.1 Å². The predicted octanol–water partition coefficient (Wildman–Crippen LogP) is 5.45. The highest BCUT2D eigenvalue weighted by Crippen LogP contribution is 2.25. The largest absolute Gasteiger partial charge is 0.350 e. The maximum absolute atomic E-state index is 14.0. The summed E-state index contributed by atoms with van der Waals surface area (Å²) >= 11 is 12.5. The number of halogens is 3. The molecular formula is C29H32Cl2FN3O4S. The second-order valence-corrected chi connectivity index (χ2v) is 13.2. The molecule has 0 aliphatic carbocycles. The molecule has 1 atom stereocenters. The zero-order valence-corrected chi connectivity index (χ0v) is 25.0. The fraction of sp³-hybridized carbons (Fsp3) is 0.310. The molecule has 214 valence electrons. The van der Waals surface area contributed by atoms with Crippen LogP contribution < -0.4 is 9.62 Å². The van der Waals surface area contributed by atoms with Crippen LogP contribution in [0.2, 0.25) is 10.0 Å². The lowest BCUT2D eigenvalue weighted by Crippen LogP contribution is -2.56. The number of carbonyl (C=O) groups excluding carboxylic acids is 2. The summed E-state index contributed by atoms with van der Waals surface area (Å²) in [4.78, 5) is 29.0. The molecule has 0 unspecified atom stereocenters. The third-order valence-electron chi connectivity index (χ3n) is 5.90. The molecule has 0 heterocycles. The molecule has 1 N–H and O–H groups in total. The number of benzene rings is 3. The number of nitrogens with zero attached hydrogens (tertiary/aromatic N) is 2. The molecule has 0 aromatic heterocycles. The van der Waals surface area contributed by atoms with Crippen molar-refractivity contribution >= 4 is 50.7 Å². The van der Waals surface area contributed by atoms with Gasteiger partial charge in [0, 0.05) is 28.5 Å². The Balaban J connectivity index is 2.10. The van der Waals surface area contributed by atoms with Gasteiger partial charge in [0.25, 0.3) is 0 Å². The van der Waals surface area contributed by atoms with Crippen LogP contribution in [0.25, 0.3) is 0 Å². The van der Waals surface area contributed by atoms with Crippen LogP contribution in [-0.2, 0) is 32.6 Å². The van der Waals surface area contributed by atoms with Gasteiger partial charge >= 0.3 is 0 Å². The first kappa shape index (κ1) is 31.4. The first-order chi connectivity index (χ1) is 18.6. The van der Waals surface area contributed by atoms with Gasteiger partial charge in [-0.1, -0.05) is 65.7 Å². The Morgan fingerprint density at radius 3 is 2.23 bits per heavy atom. The van der Waals surface area contributed by atoms with E-state index in [-0.39, 0.29) is 23.7 Å². The molecule has 0 aliphatic heterocycles. The monoisotopic (exact) mass is 607 g/mol. The van der Waals surface area contributed by atoms with Crippen LogP contribution in [-0.4, -0.2) is 49.5 Å². The van der Waals surface area contributed by atoms with Crippen LogP contribution in [0.3, 0.4) is 0 Å². The van der Waals surface area contributed by atoms with Crippen LogP contribution in [0, 0.1) is 5.82 Å². The second-order valence-electron chi connectivity index (χ2n) is 10.5. The fourth-order valence-electron chi connectivity index (χ4n) is 4.09. The van der Waals surface area contributed by atoms with Crippen molar-refractivity contribution in [3.63, 3.8) is 0 Å². The Kier molecular flexibility index (Phi) is 10.2. The second kappa shape index (κ2) is 13.0. The zero-order chi connectivity index (χ0) is 29.7. The van der Waals surface area contributed by atoms with E-state index in [1.54, 1.807) is 12.1 Å². The zero-order valence-electron chi connectivity index (χ0n) is 22.7. The van der Waals surface area contributed by atoms with Gasteiger partial charge in [0.1, 0.15) is 18.4 Å². The van der Waals surface area contributed by atoms with Crippen molar-refractivity contribution in [2.75, 3.05) is 17.1 Å². The molecule has 3 rings (SSSR count). The highest BCUT2D eigenvalue weighted by atomic mass is 35.5. The molecule has 0 saturated carbocycles. The van der Waals surface area contributed by atoms with Crippen LogP contribution >= 0.6 is 23.2 Å². The van der Waals surface area contributed by atoms with E-state index in [2.05, 4.69) is 5.32 Å². The van der Waals surface area contributed by atoms with E-state index < -0.39 is 45.8 Å². The molecule has 0 bridgehead atoms. The lowest BCUT2D eigenvalue weighted by atomic mass is 10.0. The quantitative estimate of drug-likeness (QED) is 0.332. The van der Waals surface area contributed by atoms with Crippen molar-refractivity contribution in [3.05, 3.63) is 99.8 Å². The molecule has 0 aliphatic rings. The number of hydrogen-bond acceptors (Lipinski definition) is 4. The maximum Gasteiger partial charge on any atom is 0.244 e. The third-order valence-corrected chi connectivity index (χ3v) is 7.63. The number of rotatable bonds is 10. The Hall–Kier alpha value is -3.14. The van der Waals surface area contributed by atoms with Gasteiger partial charge < -0.3 is 10.2 Å². The summed E-state index contributed by atoms with van der Waals surface area (Å²) in [6.07, 6.45) is 1.08. The van der Waals surface area contributed by atoms with Gasteiger partial charge in [0.15, 0.2) is 0 Å². The van der Waals surface area contributed by atoms with Crippen LogP contribution in [0.5, 0.6) is 0 Å². The normalized spacial score (nSPS) is 12.5. The molecule has 2 amide bonds. The molecule has 0 radical (unpaired) electrons.